The molecule has 0 radical (unpaired) electrons. The molecule has 0 bridgehead atoms. The smallest absolute Gasteiger partial charge is 0.123 e. The van der Waals surface area contributed by atoms with Crippen molar-refractivity contribution >= 4 is 0 Å². The van der Waals surface area contributed by atoms with Crippen LogP contribution in [0.2, 0.25) is 0 Å². The van der Waals surface area contributed by atoms with Crippen LogP contribution in [0.1, 0.15) is 42.1 Å². The van der Waals surface area contributed by atoms with Crippen LogP contribution in [-0.4, -0.2) is 17.1 Å². The van der Waals surface area contributed by atoms with E-state index in [0.717, 1.165) is 5.56 Å². The fourth-order valence-electron chi connectivity index (χ4n) is 4.75. The highest BCUT2D eigenvalue weighted by atomic mass is 19.1. The van der Waals surface area contributed by atoms with Crippen molar-refractivity contribution in [3.05, 3.63) is 107 Å². The van der Waals surface area contributed by atoms with E-state index in [-0.39, 0.29) is 23.8 Å². The van der Waals surface area contributed by atoms with E-state index in [4.69, 9.17) is 0 Å². The van der Waals surface area contributed by atoms with Crippen LogP contribution in [0.15, 0.2) is 84.9 Å². The second-order valence-electron chi connectivity index (χ2n) is 7.87. The Bertz CT molecular complexity index is 912. The number of rotatable bonds is 3. The van der Waals surface area contributed by atoms with Crippen molar-refractivity contribution in [3.63, 3.8) is 0 Å². The summed E-state index contributed by atoms with van der Waals surface area (Å²) in [5.74, 6) is -0.350. The van der Waals surface area contributed by atoms with Crippen LogP contribution < -0.4 is 0 Å². The van der Waals surface area contributed by atoms with Crippen LogP contribution in [0.25, 0.3) is 0 Å². The predicted molar refractivity (Wildman–Crippen MR) is 110 cm³/mol. The normalized spacial score (nSPS) is 28.2. The number of nitrogens with zero attached hydrogens (tertiary/aromatic N) is 1. The van der Waals surface area contributed by atoms with Crippen molar-refractivity contribution in [2.75, 3.05) is 7.05 Å². The molecule has 2 nitrogen and oxygen atoms in total. The standard InChI is InChI=1S/C25H26FNO/c1-18-24(20-11-7-4-8-12-20)27(2)23(19-9-5-3-6-10-19)17-25(18,28)21-13-15-22(26)16-14-21/h3-16,18,23-24,28H,17H2,1-2H3/t18-,23-,24-,25+/m0/s1. The third-order valence-electron chi connectivity index (χ3n) is 6.33. The zero-order valence-corrected chi connectivity index (χ0v) is 16.3. The van der Waals surface area contributed by atoms with Gasteiger partial charge in [0, 0.05) is 24.4 Å². The monoisotopic (exact) mass is 375 g/mol. The maximum absolute atomic E-state index is 13.5. The summed E-state index contributed by atoms with van der Waals surface area (Å²) in [6.07, 6.45) is 0.559. The minimum Gasteiger partial charge on any atom is -0.385 e. The Morgan fingerprint density at radius 3 is 1.96 bits per heavy atom. The van der Waals surface area contributed by atoms with E-state index in [1.807, 2.05) is 36.4 Å². The Kier molecular flexibility index (Phi) is 5.05. The third kappa shape index (κ3) is 3.25. The highest BCUT2D eigenvalue weighted by Gasteiger charge is 2.49. The summed E-state index contributed by atoms with van der Waals surface area (Å²) >= 11 is 0. The Hall–Kier alpha value is -2.49. The van der Waals surface area contributed by atoms with Gasteiger partial charge >= 0.3 is 0 Å². The topological polar surface area (TPSA) is 23.5 Å². The molecule has 3 heteroatoms. The number of likely N-dealkylation sites (tertiary alicyclic amines) is 1. The molecule has 3 aromatic rings. The van der Waals surface area contributed by atoms with Crippen molar-refractivity contribution < 1.29 is 9.50 Å². The molecule has 0 aromatic heterocycles. The molecule has 1 saturated heterocycles. The lowest BCUT2D eigenvalue weighted by Gasteiger charge is -2.52. The van der Waals surface area contributed by atoms with E-state index in [2.05, 4.69) is 43.1 Å². The van der Waals surface area contributed by atoms with E-state index in [1.54, 1.807) is 12.1 Å². The lowest BCUT2D eigenvalue weighted by atomic mass is 9.68. The van der Waals surface area contributed by atoms with Crippen molar-refractivity contribution in [1.29, 1.82) is 0 Å². The zero-order chi connectivity index (χ0) is 19.7. The molecule has 4 rings (SSSR count). The molecule has 0 amide bonds. The molecule has 0 aliphatic carbocycles. The average Bonchev–Trinajstić information content (AvgIpc) is 2.73. The molecule has 1 aliphatic rings. The van der Waals surface area contributed by atoms with Gasteiger partial charge in [-0.2, -0.15) is 0 Å². The van der Waals surface area contributed by atoms with Gasteiger partial charge < -0.3 is 5.11 Å². The fraction of sp³-hybridized carbons (Fsp3) is 0.280. The van der Waals surface area contributed by atoms with E-state index < -0.39 is 5.60 Å². The summed E-state index contributed by atoms with van der Waals surface area (Å²) in [5.41, 5.74) is 2.08. The summed E-state index contributed by atoms with van der Waals surface area (Å²) in [4.78, 5) is 2.37. The summed E-state index contributed by atoms with van der Waals surface area (Å²) in [5, 5.41) is 11.9. The van der Waals surface area contributed by atoms with Gasteiger partial charge in [0.1, 0.15) is 5.82 Å². The van der Waals surface area contributed by atoms with Gasteiger partial charge in [0.2, 0.25) is 0 Å². The van der Waals surface area contributed by atoms with Gasteiger partial charge in [-0.1, -0.05) is 79.7 Å². The van der Waals surface area contributed by atoms with E-state index >= 15 is 0 Å². The van der Waals surface area contributed by atoms with E-state index in [9.17, 15) is 9.50 Å². The molecule has 0 unspecified atom stereocenters. The molecular formula is C25H26FNO. The van der Waals surface area contributed by atoms with Crippen molar-refractivity contribution in [3.8, 4) is 0 Å². The number of piperidine rings is 1. The maximum atomic E-state index is 13.5. The van der Waals surface area contributed by atoms with Crippen LogP contribution in [-0.2, 0) is 5.60 Å². The Morgan fingerprint density at radius 2 is 1.39 bits per heavy atom. The SMILES string of the molecule is C[C@H]1[C@@H](c2ccccc2)N(C)[C@H](c2ccccc2)C[C@]1(O)c1ccc(F)cc1. The lowest BCUT2D eigenvalue weighted by molar-refractivity contribution is -0.120. The summed E-state index contributed by atoms with van der Waals surface area (Å²) in [7, 11) is 2.13. The molecule has 1 heterocycles. The van der Waals surface area contributed by atoms with Gasteiger partial charge in [-0.25, -0.2) is 4.39 Å². The maximum Gasteiger partial charge on any atom is 0.123 e. The first-order valence-corrected chi connectivity index (χ1v) is 9.81. The lowest BCUT2D eigenvalue weighted by Crippen LogP contribution is -2.50. The number of hydrogen-bond acceptors (Lipinski definition) is 2. The highest BCUT2D eigenvalue weighted by molar-refractivity contribution is 5.32. The number of benzene rings is 3. The second kappa shape index (κ2) is 7.50. The molecule has 0 saturated carbocycles. The zero-order valence-electron chi connectivity index (χ0n) is 16.3. The van der Waals surface area contributed by atoms with Crippen LogP contribution in [0.3, 0.4) is 0 Å². The summed E-state index contributed by atoms with van der Waals surface area (Å²) in [6.45, 7) is 2.10. The minimum atomic E-state index is -1.05. The Labute approximate surface area is 166 Å². The summed E-state index contributed by atoms with van der Waals surface area (Å²) < 4.78 is 13.5. The quantitative estimate of drug-likeness (QED) is 0.656. The van der Waals surface area contributed by atoms with Gasteiger partial charge in [-0.3, -0.25) is 4.90 Å². The Morgan fingerprint density at radius 1 is 0.857 bits per heavy atom. The van der Waals surface area contributed by atoms with Crippen molar-refractivity contribution in [2.24, 2.45) is 5.92 Å². The van der Waals surface area contributed by atoms with Gasteiger partial charge in [0.25, 0.3) is 0 Å². The van der Waals surface area contributed by atoms with E-state index in [1.165, 1.54) is 23.3 Å². The first-order chi connectivity index (χ1) is 13.5. The van der Waals surface area contributed by atoms with Gasteiger partial charge in [-0.15, -0.1) is 0 Å². The largest absolute Gasteiger partial charge is 0.385 e. The third-order valence-corrected chi connectivity index (χ3v) is 6.33. The minimum absolute atomic E-state index is 0.0372. The van der Waals surface area contributed by atoms with Crippen LogP contribution in [0.4, 0.5) is 4.39 Å². The Balaban J connectivity index is 1.83. The summed E-state index contributed by atoms with van der Waals surface area (Å²) in [6, 6.07) is 27.1. The molecular weight excluding hydrogens is 349 g/mol. The fourth-order valence-corrected chi connectivity index (χ4v) is 4.75. The predicted octanol–water partition coefficient (Wildman–Crippen LogP) is 5.47. The first-order valence-electron chi connectivity index (χ1n) is 9.81. The van der Waals surface area contributed by atoms with Crippen LogP contribution in [0, 0.1) is 11.7 Å². The van der Waals surface area contributed by atoms with Crippen LogP contribution in [0.5, 0.6) is 0 Å². The first kappa shape index (κ1) is 18.9. The molecule has 1 N–H and O–H groups in total. The van der Waals surface area contributed by atoms with Crippen molar-refractivity contribution in [1.82, 2.24) is 4.90 Å². The molecule has 1 aliphatic heterocycles. The second-order valence-corrected chi connectivity index (χ2v) is 7.87. The molecule has 1 fully saturated rings. The molecule has 144 valence electrons. The van der Waals surface area contributed by atoms with Gasteiger partial charge in [0.05, 0.1) is 5.60 Å². The number of aliphatic hydroxyl groups is 1. The van der Waals surface area contributed by atoms with Gasteiger partial charge in [0.15, 0.2) is 0 Å². The number of hydrogen-bond donors (Lipinski definition) is 1. The van der Waals surface area contributed by atoms with E-state index in [0.29, 0.717) is 6.42 Å². The van der Waals surface area contributed by atoms with Crippen molar-refractivity contribution in [2.45, 2.75) is 31.0 Å². The molecule has 28 heavy (non-hydrogen) atoms. The molecule has 3 aromatic carbocycles. The van der Waals surface area contributed by atoms with Gasteiger partial charge in [-0.05, 0) is 35.9 Å². The number of halogens is 1. The molecule has 4 atom stereocenters. The molecule has 0 spiro atoms. The average molecular weight is 375 g/mol. The highest BCUT2D eigenvalue weighted by Crippen LogP contribution is 2.52. The van der Waals surface area contributed by atoms with Crippen LogP contribution >= 0.6 is 0 Å².